The number of rotatable bonds is 2. The minimum absolute atomic E-state index is 0.393. The van der Waals surface area contributed by atoms with E-state index in [1.165, 1.54) is 37.7 Å². The molecule has 0 radical (unpaired) electrons. The molecule has 2 N–H and O–H groups in total. The fraction of sp³-hybridized carbons (Fsp3) is 0.600. The highest BCUT2D eigenvalue weighted by Crippen LogP contribution is 2.29. The summed E-state index contributed by atoms with van der Waals surface area (Å²) in [6, 6.07) is 8.47. The maximum absolute atomic E-state index is 9.53. The predicted octanol–water partition coefficient (Wildman–Crippen LogP) is 3.42. The SMILES string of the molecule is CCC1CCCC(c2cccc(O)c2)CCN1. The Labute approximate surface area is 104 Å². The van der Waals surface area contributed by atoms with Crippen LogP contribution in [0, 0.1) is 0 Å². The molecule has 2 unspecified atom stereocenters. The second-order valence-corrected chi connectivity index (χ2v) is 5.07. The van der Waals surface area contributed by atoms with Gasteiger partial charge in [0.15, 0.2) is 0 Å². The van der Waals surface area contributed by atoms with E-state index >= 15 is 0 Å². The van der Waals surface area contributed by atoms with Crippen LogP contribution in [0.2, 0.25) is 0 Å². The van der Waals surface area contributed by atoms with Crippen molar-refractivity contribution in [1.29, 1.82) is 0 Å². The van der Waals surface area contributed by atoms with Crippen LogP contribution in [0.15, 0.2) is 24.3 Å². The largest absolute Gasteiger partial charge is 0.508 e. The van der Waals surface area contributed by atoms with Crippen molar-refractivity contribution in [1.82, 2.24) is 5.32 Å². The van der Waals surface area contributed by atoms with Crippen LogP contribution in [0.3, 0.4) is 0 Å². The zero-order valence-corrected chi connectivity index (χ0v) is 10.7. The molecule has 94 valence electrons. The van der Waals surface area contributed by atoms with Crippen molar-refractivity contribution in [3.05, 3.63) is 29.8 Å². The van der Waals surface area contributed by atoms with E-state index in [0.29, 0.717) is 17.7 Å². The average molecular weight is 233 g/mol. The Morgan fingerprint density at radius 1 is 1.29 bits per heavy atom. The van der Waals surface area contributed by atoms with Gasteiger partial charge in [-0.1, -0.05) is 25.5 Å². The Bertz CT molecular complexity index is 341. The van der Waals surface area contributed by atoms with E-state index in [9.17, 15) is 5.11 Å². The van der Waals surface area contributed by atoms with Crippen LogP contribution in [0.25, 0.3) is 0 Å². The van der Waals surface area contributed by atoms with Gasteiger partial charge < -0.3 is 10.4 Å². The number of nitrogens with one attached hydrogen (secondary N) is 1. The summed E-state index contributed by atoms with van der Waals surface area (Å²) in [5.74, 6) is 0.997. The molecule has 0 aromatic heterocycles. The van der Waals surface area contributed by atoms with E-state index in [0.717, 1.165) is 6.54 Å². The van der Waals surface area contributed by atoms with Gasteiger partial charge in [0.05, 0.1) is 0 Å². The number of benzene rings is 1. The Morgan fingerprint density at radius 2 is 2.18 bits per heavy atom. The molecule has 1 aromatic carbocycles. The number of phenols is 1. The lowest BCUT2D eigenvalue weighted by molar-refractivity contribution is 0.384. The summed E-state index contributed by atoms with van der Waals surface area (Å²) >= 11 is 0. The van der Waals surface area contributed by atoms with Gasteiger partial charge in [0.2, 0.25) is 0 Å². The van der Waals surface area contributed by atoms with E-state index in [2.05, 4.69) is 18.3 Å². The van der Waals surface area contributed by atoms with Gasteiger partial charge in [0, 0.05) is 6.04 Å². The molecule has 0 bridgehead atoms. The summed E-state index contributed by atoms with van der Waals surface area (Å²) in [6.45, 7) is 3.35. The molecule has 0 spiro atoms. The minimum Gasteiger partial charge on any atom is -0.508 e. The zero-order valence-electron chi connectivity index (χ0n) is 10.7. The van der Waals surface area contributed by atoms with Gasteiger partial charge in [-0.3, -0.25) is 0 Å². The Kier molecular flexibility index (Phi) is 4.43. The average Bonchev–Trinajstić information content (AvgIpc) is 2.29. The second kappa shape index (κ2) is 6.06. The molecule has 0 amide bonds. The molecule has 1 aliphatic heterocycles. The first-order valence-corrected chi connectivity index (χ1v) is 6.82. The van der Waals surface area contributed by atoms with Gasteiger partial charge in [-0.05, 0) is 55.8 Å². The topological polar surface area (TPSA) is 32.3 Å². The normalized spacial score (nSPS) is 26.2. The zero-order chi connectivity index (χ0) is 12.1. The molecule has 2 atom stereocenters. The first kappa shape index (κ1) is 12.4. The van der Waals surface area contributed by atoms with Crippen LogP contribution < -0.4 is 5.32 Å². The van der Waals surface area contributed by atoms with Gasteiger partial charge in [0.1, 0.15) is 5.75 Å². The molecular formula is C15H23NO. The first-order valence-electron chi connectivity index (χ1n) is 6.82. The lowest BCUT2D eigenvalue weighted by atomic mass is 9.88. The van der Waals surface area contributed by atoms with Gasteiger partial charge in [-0.15, -0.1) is 0 Å². The van der Waals surface area contributed by atoms with Crippen molar-refractivity contribution >= 4 is 0 Å². The number of aromatic hydroxyl groups is 1. The standard InChI is InChI=1S/C15H23NO/c1-2-14-7-3-5-12(9-10-16-14)13-6-4-8-15(17)11-13/h4,6,8,11-12,14,16-17H,2-3,5,7,9-10H2,1H3. The summed E-state index contributed by atoms with van der Waals surface area (Å²) in [5.41, 5.74) is 1.29. The highest BCUT2D eigenvalue weighted by Gasteiger charge is 2.16. The van der Waals surface area contributed by atoms with Crippen molar-refractivity contribution in [2.75, 3.05) is 6.54 Å². The lowest BCUT2D eigenvalue weighted by Crippen LogP contribution is -2.31. The van der Waals surface area contributed by atoms with E-state index in [1.54, 1.807) is 6.07 Å². The monoisotopic (exact) mass is 233 g/mol. The van der Waals surface area contributed by atoms with Crippen LogP contribution >= 0.6 is 0 Å². The van der Waals surface area contributed by atoms with Crippen molar-refractivity contribution in [2.24, 2.45) is 0 Å². The van der Waals surface area contributed by atoms with Crippen LogP contribution in [0.5, 0.6) is 5.75 Å². The maximum Gasteiger partial charge on any atom is 0.115 e. The molecule has 0 aliphatic carbocycles. The van der Waals surface area contributed by atoms with Gasteiger partial charge in [0.25, 0.3) is 0 Å². The van der Waals surface area contributed by atoms with Crippen molar-refractivity contribution in [3.63, 3.8) is 0 Å². The van der Waals surface area contributed by atoms with Crippen molar-refractivity contribution < 1.29 is 5.11 Å². The smallest absolute Gasteiger partial charge is 0.115 e. The third-order valence-corrected chi connectivity index (χ3v) is 3.87. The lowest BCUT2D eigenvalue weighted by Gasteiger charge is -2.25. The van der Waals surface area contributed by atoms with Gasteiger partial charge >= 0.3 is 0 Å². The third-order valence-electron chi connectivity index (χ3n) is 3.87. The fourth-order valence-corrected chi connectivity index (χ4v) is 2.78. The molecule has 1 aromatic rings. The highest BCUT2D eigenvalue weighted by molar-refractivity contribution is 5.29. The second-order valence-electron chi connectivity index (χ2n) is 5.07. The maximum atomic E-state index is 9.53. The van der Waals surface area contributed by atoms with Crippen LogP contribution in [-0.4, -0.2) is 17.7 Å². The Balaban J connectivity index is 1.98. The van der Waals surface area contributed by atoms with Crippen molar-refractivity contribution in [2.45, 2.75) is 51.0 Å². The van der Waals surface area contributed by atoms with Gasteiger partial charge in [-0.25, -0.2) is 0 Å². The molecule has 1 fully saturated rings. The summed E-state index contributed by atoms with van der Waals surface area (Å²) in [6.07, 6.45) is 6.23. The third kappa shape index (κ3) is 3.47. The molecular weight excluding hydrogens is 210 g/mol. The van der Waals surface area contributed by atoms with Crippen LogP contribution in [0.4, 0.5) is 0 Å². The van der Waals surface area contributed by atoms with E-state index in [1.807, 2.05) is 12.1 Å². The van der Waals surface area contributed by atoms with Gasteiger partial charge in [-0.2, -0.15) is 0 Å². The van der Waals surface area contributed by atoms with Crippen molar-refractivity contribution in [3.8, 4) is 5.75 Å². The van der Waals surface area contributed by atoms with Crippen LogP contribution in [-0.2, 0) is 0 Å². The Morgan fingerprint density at radius 3 is 2.94 bits per heavy atom. The first-order chi connectivity index (χ1) is 8.29. The Hall–Kier alpha value is -1.02. The highest BCUT2D eigenvalue weighted by atomic mass is 16.3. The quantitative estimate of drug-likeness (QED) is 0.820. The summed E-state index contributed by atoms with van der Waals surface area (Å²) in [4.78, 5) is 0. The number of hydrogen-bond donors (Lipinski definition) is 2. The summed E-state index contributed by atoms with van der Waals surface area (Å²) < 4.78 is 0. The molecule has 2 heteroatoms. The van der Waals surface area contributed by atoms with E-state index in [-0.39, 0.29) is 0 Å². The summed E-state index contributed by atoms with van der Waals surface area (Å²) in [5, 5.41) is 13.2. The number of phenolic OH excluding ortho intramolecular Hbond substituents is 1. The number of hydrogen-bond acceptors (Lipinski definition) is 2. The summed E-state index contributed by atoms with van der Waals surface area (Å²) in [7, 11) is 0. The van der Waals surface area contributed by atoms with E-state index in [4.69, 9.17) is 0 Å². The molecule has 2 nitrogen and oxygen atoms in total. The van der Waals surface area contributed by atoms with Crippen LogP contribution in [0.1, 0.15) is 50.5 Å². The van der Waals surface area contributed by atoms with E-state index < -0.39 is 0 Å². The molecule has 2 rings (SSSR count). The predicted molar refractivity (Wildman–Crippen MR) is 71.4 cm³/mol. The molecule has 1 heterocycles. The molecule has 17 heavy (non-hydrogen) atoms. The minimum atomic E-state index is 0.393. The fourth-order valence-electron chi connectivity index (χ4n) is 2.78. The molecule has 1 aliphatic rings. The molecule has 0 saturated carbocycles. The molecule has 1 saturated heterocycles.